The molecule has 1 fully saturated rings. The van der Waals surface area contributed by atoms with Crippen molar-refractivity contribution in [3.05, 3.63) is 96.3 Å². The van der Waals surface area contributed by atoms with Crippen molar-refractivity contribution in [1.29, 1.82) is 0 Å². The van der Waals surface area contributed by atoms with E-state index >= 15 is 0 Å². The van der Waals surface area contributed by atoms with Crippen LogP contribution in [0.4, 0.5) is 11.8 Å². The van der Waals surface area contributed by atoms with Gasteiger partial charge in [-0.15, -0.1) is 0 Å². The quantitative estimate of drug-likeness (QED) is 0.0924. The van der Waals surface area contributed by atoms with Crippen LogP contribution in [0.5, 0.6) is 5.75 Å². The van der Waals surface area contributed by atoms with E-state index in [2.05, 4.69) is 160 Å². The molecule has 3 heterocycles. The zero-order chi connectivity index (χ0) is 46.2. The number of hydrogen-bond donors (Lipinski definition) is 2. The highest BCUT2D eigenvalue weighted by atomic mass is 28.4. The first kappa shape index (κ1) is 48.6. The number of rotatable bonds is 16. The Morgan fingerprint density at radius 3 is 1.94 bits per heavy atom. The molecule has 0 radical (unpaired) electrons. The number of nitrogens with zero attached hydrogens (tertiary/aromatic N) is 4. The summed E-state index contributed by atoms with van der Waals surface area (Å²) in [6.07, 6.45) is 0.293. The highest BCUT2D eigenvalue weighted by molar-refractivity contribution is 6.75. The van der Waals surface area contributed by atoms with Crippen LogP contribution >= 0.6 is 0 Å². The third-order valence-electron chi connectivity index (χ3n) is 14.0. The molecule has 0 saturated carbocycles. The molecule has 63 heavy (non-hydrogen) atoms. The summed E-state index contributed by atoms with van der Waals surface area (Å²) in [5.41, 5.74) is 12.2. The molecule has 0 spiro atoms. The number of fused-ring (bicyclic) bond motifs is 1. The molecule has 0 aliphatic carbocycles. The monoisotopic (exact) mass is 911 g/mol. The van der Waals surface area contributed by atoms with Crippen molar-refractivity contribution in [3.63, 3.8) is 0 Å². The lowest BCUT2D eigenvalue weighted by atomic mass is 10.0. The van der Waals surface area contributed by atoms with Gasteiger partial charge in [-0.3, -0.25) is 4.57 Å². The van der Waals surface area contributed by atoms with Gasteiger partial charge in [0.2, 0.25) is 5.95 Å². The lowest BCUT2D eigenvalue weighted by Gasteiger charge is -2.44. The van der Waals surface area contributed by atoms with Gasteiger partial charge < -0.3 is 33.8 Å². The average Bonchev–Trinajstić information content (AvgIpc) is 3.72. The number of aromatic nitrogens is 4. The number of nitrogens with two attached hydrogens (primary N) is 1. The van der Waals surface area contributed by atoms with Crippen LogP contribution in [0.3, 0.4) is 0 Å². The first-order valence-electron chi connectivity index (χ1n) is 22.5. The third-order valence-corrected chi connectivity index (χ3v) is 27.4. The Bertz CT molecular complexity index is 2300. The van der Waals surface area contributed by atoms with E-state index in [0.717, 1.165) is 28.9 Å². The average molecular weight is 911 g/mol. The van der Waals surface area contributed by atoms with E-state index in [1.807, 2.05) is 34.9 Å². The summed E-state index contributed by atoms with van der Waals surface area (Å²) in [7, 11) is -6.95. The molecule has 1 saturated heterocycles. The second-order valence-electron chi connectivity index (χ2n) is 21.7. The molecule has 3 aromatic carbocycles. The van der Waals surface area contributed by atoms with Gasteiger partial charge in [-0.1, -0.05) is 129 Å². The van der Waals surface area contributed by atoms with Crippen LogP contribution in [-0.2, 0) is 31.0 Å². The molecule has 0 bridgehead atoms. The Hall–Kier alpha value is -3.90. The Balaban J connectivity index is 1.30. The summed E-state index contributed by atoms with van der Waals surface area (Å²) in [4.78, 5) is 14.2. The summed E-state index contributed by atoms with van der Waals surface area (Å²) < 4.78 is 37.3. The minimum atomic E-state index is -2.42. The van der Waals surface area contributed by atoms with Gasteiger partial charge in [0.15, 0.2) is 48.2 Å². The first-order valence-corrected chi connectivity index (χ1v) is 31.2. The number of nitrogens with one attached hydrogen (secondary N) is 1. The molecule has 6 rings (SSSR count). The molecule has 14 heteroatoms. The van der Waals surface area contributed by atoms with Crippen LogP contribution < -0.4 is 15.8 Å². The van der Waals surface area contributed by atoms with Gasteiger partial charge >= 0.3 is 0 Å². The molecule has 3 N–H and O–H groups in total. The fourth-order valence-corrected chi connectivity index (χ4v) is 10.5. The largest absolute Gasteiger partial charge is 0.489 e. The highest BCUT2D eigenvalue weighted by Gasteiger charge is 2.55. The van der Waals surface area contributed by atoms with E-state index in [4.69, 9.17) is 38.5 Å². The smallest absolute Gasteiger partial charge is 0.207 e. The van der Waals surface area contributed by atoms with Gasteiger partial charge in [-0.2, -0.15) is 0 Å². The predicted octanol–water partition coefficient (Wildman–Crippen LogP) is 12.0. The van der Waals surface area contributed by atoms with Gasteiger partial charge in [-0.05, 0) is 95.2 Å². The van der Waals surface area contributed by atoms with Crippen LogP contribution in [0.2, 0.25) is 54.4 Å². The zero-order valence-corrected chi connectivity index (χ0v) is 43.6. The van der Waals surface area contributed by atoms with Crippen molar-refractivity contribution in [2.24, 2.45) is 0 Å². The normalized spacial score (nSPS) is 19.2. The minimum absolute atomic E-state index is 0.0207. The summed E-state index contributed by atoms with van der Waals surface area (Å²) >= 11 is 0. The highest BCUT2D eigenvalue weighted by Crippen LogP contribution is 2.48. The topological polar surface area (TPSA) is 128 Å². The molecular weight excluding hydrogens is 837 g/mol. The van der Waals surface area contributed by atoms with E-state index in [1.165, 1.54) is 11.9 Å². The molecule has 5 aromatic rings. The maximum absolute atomic E-state index is 7.51. The van der Waals surface area contributed by atoms with Crippen molar-refractivity contribution in [3.8, 4) is 16.9 Å². The van der Waals surface area contributed by atoms with Crippen molar-refractivity contribution in [2.45, 2.75) is 154 Å². The second kappa shape index (κ2) is 18.5. The summed E-state index contributed by atoms with van der Waals surface area (Å²) in [6.45, 7) is 35.7. The van der Waals surface area contributed by atoms with Crippen LogP contribution in [-0.4, -0.2) is 75.9 Å². The lowest BCUT2D eigenvalue weighted by molar-refractivity contribution is -0.0460. The van der Waals surface area contributed by atoms with Crippen molar-refractivity contribution in [2.75, 3.05) is 24.2 Å². The Morgan fingerprint density at radius 2 is 1.32 bits per heavy atom. The van der Waals surface area contributed by atoms with E-state index in [-0.39, 0.29) is 15.1 Å². The molecule has 2 aromatic heterocycles. The number of hydrogen-bond acceptors (Lipinski definition) is 10. The number of anilines is 2. The zero-order valence-electron chi connectivity index (χ0n) is 40.6. The predicted molar refractivity (Wildman–Crippen MR) is 266 cm³/mol. The Labute approximate surface area is 380 Å². The van der Waals surface area contributed by atoms with E-state index in [9.17, 15) is 0 Å². The molecule has 0 unspecified atom stereocenters. The fourth-order valence-electron chi connectivity index (χ4n) is 6.84. The lowest BCUT2D eigenvalue weighted by Crippen LogP contribution is -2.54. The van der Waals surface area contributed by atoms with Gasteiger partial charge in [0, 0.05) is 6.54 Å². The molecule has 1 aliphatic rings. The third kappa shape index (κ3) is 11.1. The standard InChI is InChI=1S/C49H74N6O5Si3/c1-47(2,3)61(10,11)57-32-39-41(59-62(12,13)48(4,5)6)42(60-63(14,15)49(7,8)9)45(58-39)55-44-40(43(50)52-33-53-44)54-46(55)51-29-28-34-24-26-36(27-25-34)37-22-19-23-38(30-37)56-31-35-20-17-16-18-21-35/h16-27,30,33,39,41-42,45H,28-29,31-32H2,1-15H3,(H,51,54)(H2,50,52,53)/t39-,41-,42-,45-/m1/s1. The van der Waals surface area contributed by atoms with Crippen LogP contribution in [0.15, 0.2) is 85.2 Å². The second-order valence-corrected chi connectivity index (χ2v) is 36.1. The molecule has 0 amide bonds. The SMILES string of the molecule is CC(C)(C)[Si](C)(C)OC[C@H]1O[C@@H](n2c(NCCc3ccc(-c4cccc(OCc5ccccc5)c4)cc3)nc3c(N)ncnc32)[C@H](O[Si](C)(C)C(C)(C)C)[C@@H]1O[Si](C)(C)C(C)(C)C. The summed E-state index contributed by atoms with van der Waals surface area (Å²) in [5.74, 6) is 1.74. The number of ether oxygens (including phenoxy) is 2. The summed E-state index contributed by atoms with van der Waals surface area (Å²) in [5, 5.41) is 3.56. The van der Waals surface area contributed by atoms with Crippen molar-refractivity contribution < 1.29 is 22.8 Å². The van der Waals surface area contributed by atoms with E-state index < -0.39 is 49.5 Å². The number of nitrogen functional groups attached to an aromatic ring is 1. The maximum Gasteiger partial charge on any atom is 0.207 e. The van der Waals surface area contributed by atoms with E-state index in [1.54, 1.807) is 0 Å². The number of imidazole rings is 1. The molecule has 342 valence electrons. The van der Waals surface area contributed by atoms with Crippen molar-refractivity contribution in [1.82, 2.24) is 19.5 Å². The van der Waals surface area contributed by atoms with Crippen molar-refractivity contribution >= 4 is 47.9 Å². The van der Waals surface area contributed by atoms with Crippen LogP contribution in [0.25, 0.3) is 22.3 Å². The minimum Gasteiger partial charge on any atom is -0.489 e. The molecule has 11 nitrogen and oxygen atoms in total. The fraction of sp³-hybridized carbons (Fsp3) is 0.531. The van der Waals surface area contributed by atoms with Crippen LogP contribution in [0, 0.1) is 0 Å². The van der Waals surface area contributed by atoms with Gasteiger partial charge in [0.1, 0.15) is 37.0 Å². The molecular formula is C49H74N6O5Si3. The number of benzene rings is 3. The molecule has 4 atom stereocenters. The summed E-state index contributed by atoms with van der Waals surface area (Å²) in [6, 6.07) is 27.2. The van der Waals surface area contributed by atoms with Gasteiger partial charge in [-0.25, -0.2) is 15.0 Å². The van der Waals surface area contributed by atoms with Gasteiger partial charge in [0.05, 0.1) is 6.61 Å². The molecule has 1 aliphatic heterocycles. The van der Waals surface area contributed by atoms with E-state index in [0.29, 0.717) is 42.7 Å². The Morgan fingerprint density at radius 1 is 0.698 bits per heavy atom. The van der Waals surface area contributed by atoms with Crippen LogP contribution in [0.1, 0.15) is 79.7 Å². The first-order chi connectivity index (χ1) is 29.3. The maximum atomic E-state index is 7.51. The van der Waals surface area contributed by atoms with Gasteiger partial charge in [0.25, 0.3) is 0 Å². The Kier molecular flexibility index (Phi) is 14.3.